The van der Waals surface area contributed by atoms with Crippen LogP contribution in [0.2, 0.25) is 0 Å². The first kappa shape index (κ1) is 29.3. The fourth-order valence-corrected chi connectivity index (χ4v) is 7.21. The van der Waals surface area contributed by atoms with Crippen LogP contribution in [0.1, 0.15) is 37.8 Å². The Labute approximate surface area is 246 Å². The Morgan fingerprint density at radius 2 is 1.60 bits per heavy atom. The molecule has 9 heteroatoms. The summed E-state index contributed by atoms with van der Waals surface area (Å²) in [5.74, 6) is -1.15. The maximum absolute atomic E-state index is 14.8. The number of nitrogens with one attached hydrogen (secondary N) is 1. The number of sulfonamides is 1. The smallest absolute Gasteiger partial charge is 0.265 e. The van der Waals surface area contributed by atoms with E-state index in [0.29, 0.717) is 16.6 Å². The number of nitrogens with zero attached hydrogens (tertiary/aromatic N) is 2. The molecule has 5 rings (SSSR count). The lowest BCUT2D eigenvalue weighted by atomic mass is 10.0. The van der Waals surface area contributed by atoms with Crippen molar-refractivity contribution in [2.24, 2.45) is 0 Å². The summed E-state index contributed by atoms with van der Waals surface area (Å²) < 4.78 is 42.9. The van der Waals surface area contributed by atoms with Crippen LogP contribution in [0.5, 0.6) is 0 Å². The number of halogens is 1. The van der Waals surface area contributed by atoms with E-state index in [9.17, 15) is 22.4 Å². The van der Waals surface area contributed by atoms with Gasteiger partial charge in [0.2, 0.25) is 11.8 Å². The fraction of sp³-hybridized carbons (Fsp3) is 0.273. The summed E-state index contributed by atoms with van der Waals surface area (Å²) in [6.07, 6.45) is 0.449. The quantitative estimate of drug-likeness (QED) is 0.254. The molecule has 218 valence electrons. The zero-order chi connectivity index (χ0) is 29.9. The van der Waals surface area contributed by atoms with E-state index in [2.05, 4.69) is 5.32 Å². The molecular weight excluding hydrogens is 553 g/mol. The van der Waals surface area contributed by atoms with Crippen LogP contribution >= 0.6 is 0 Å². The first-order chi connectivity index (χ1) is 20.2. The molecule has 0 aliphatic carbocycles. The average Bonchev–Trinajstić information content (AvgIpc) is 3.19. The van der Waals surface area contributed by atoms with Crippen LogP contribution in [0, 0.1) is 5.82 Å². The molecule has 7 nitrogen and oxygen atoms in total. The highest BCUT2D eigenvalue weighted by Gasteiger charge is 2.36. The summed E-state index contributed by atoms with van der Waals surface area (Å²) in [7, 11) is -3.76. The summed E-state index contributed by atoms with van der Waals surface area (Å²) in [6, 6.07) is 25.2. The van der Waals surface area contributed by atoms with Gasteiger partial charge in [0.25, 0.3) is 10.0 Å². The van der Waals surface area contributed by atoms with E-state index in [1.807, 2.05) is 62.4 Å². The lowest BCUT2D eigenvalue weighted by molar-refractivity contribution is -0.141. The summed E-state index contributed by atoms with van der Waals surface area (Å²) in [4.78, 5) is 29.1. The van der Waals surface area contributed by atoms with Crippen molar-refractivity contribution in [3.05, 3.63) is 108 Å². The van der Waals surface area contributed by atoms with Gasteiger partial charge in [0.05, 0.1) is 10.6 Å². The number of amides is 2. The Kier molecular flexibility index (Phi) is 8.59. The molecule has 1 unspecified atom stereocenters. The fourth-order valence-electron chi connectivity index (χ4n) is 5.46. The van der Waals surface area contributed by atoms with E-state index >= 15 is 0 Å². The van der Waals surface area contributed by atoms with E-state index in [-0.39, 0.29) is 55.1 Å². The molecule has 0 saturated carbocycles. The second-order valence-corrected chi connectivity index (χ2v) is 12.6. The third kappa shape index (κ3) is 6.01. The van der Waals surface area contributed by atoms with Crippen molar-refractivity contribution in [2.75, 3.05) is 10.8 Å². The lowest BCUT2D eigenvalue weighted by Gasteiger charge is -2.32. The molecule has 42 heavy (non-hydrogen) atoms. The Bertz CT molecular complexity index is 1700. The first-order valence-electron chi connectivity index (χ1n) is 14.1. The zero-order valence-corrected chi connectivity index (χ0v) is 24.5. The van der Waals surface area contributed by atoms with Crippen molar-refractivity contribution in [3.8, 4) is 0 Å². The minimum absolute atomic E-state index is 0.0208. The standard InChI is InChI=1S/C33H34FN3O4S/c1-23(2)35-33(39)29(21-24-11-4-3-5-12-24)36(22-26-13-6-7-16-27(26)34)31(38)19-10-20-37-28-17-8-14-25-15-9-18-30(32(25)28)42(37,40)41/h3-9,11-18,23,29H,10,19-22H2,1-2H3,(H,35,39). The van der Waals surface area contributed by atoms with Gasteiger partial charge in [-0.2, -0.15) is 0 Å². The van der Waals surface area contributed by atoms with Gasteiger partial charge in [-0.15, -0.1) is 0 Å². The number of hydrogen-bond acceptors (Lipinski definition) is 4. The van der Waals surface area contributed by atoms with Crippen molar-refractivity contribution in [2.45, 2.75) is 56.6 Å². The molecule has 2 amide bonds. The number of benzene rings is 4. The third-order valence-corrected chi connectivity index (χ3v) is 9.29. The number of carbonyl (C=O) groups is 2. The van der Waals surface area contributed by atoms with Crippen LogP contribution < -0.4 is 9.62 Å². The predicted molar refractivity (Wildman–Crippen MR) is 162 cm³/mol. The van der Waals surface area contributed by atoms with Crippen molar-refractivity contribution < 1.29 is 22.4 Å². The maximum Gasteiger partial charge on any atom is 0.265 e. The van der Waals surface area contributed by atoms with Gasteiger partial charge < -0.3 is 10.2 Å². The van der Waals surface area contributed by atoms with Gasteiger partial charge in [0.15, 0.2) is 0 Å². The largest absolute Gasteiger partial charge is 0.352 e. The Morgan fingerprint density at radius 3 is 2.31 bits per heavy atom. The second kappa shape index (κ2) is 12.3. The van der Waals surface area contributed by atoms with Gasteiger partial charge in [-0.3, -0.25) is 13.9 Å². The summed E-state index contributed by atoms with van der Waals surface area (Å²) in [6.45, 7) is 3.68. The number of carbonyl (C=O) groups excluding carboxylic acids is 2. The highest BCUT2D eigenvalue weighted by molar-refractivity contribution is 7.93. The molecule has 0 radical (unpaired) electrons. The minimum Gasteiger partial charge on any atom is -0.352 e. The van der Waals surface area contributed by atoms with E-state index in [1.165, 1.54) is 15.3 Å². The number of anilines is 1. The summed E-state index contributed by atoms with van der Waals surface area (Å²) >= 11 is 0. The van der Waals surface area contributed by atoms with Crippen molar-refractivity contribution in [1.29, 1.82) is 0 Å². The molecule has 0 saturated heterocycles. The molecule has 1 aliphatic rings. The Balaban J connectivity index is 1.40. The van der Waals surface area contributed by atoms with Gasteiger partial charge in [0, 0.05) is 42.9 Å². The maximum atomic E-state index is 14.8. The van der Waals surface area contributed by atoms with Gasteiger partial charge in [-0.1, -0.05) is 72.8 Å². The molecule has 1 atom stereocenters. The van der Waals surface area contributed by atoms with Crippen LogP contribution in [0.3, 0.4) is 0 Å². The molecule has 0 fully saturated rings. The molecular formula is C33H34FN3O4S. The summed E-state index contributed by atoms with van der Waals surface area (Å²) in [5, 5.41) is 4.44. The van der Waals surface area contributed by atoms with Crippen molar-refractivity contribution in [1.82, 2.24) is 10.2 Å². The van der Waals surface area contributed by atoms with Crippen LogP contribution in [-0.4, -0.2) is 43.8 Å². The molecule has 4 aromatic carbocycles. The van der Waals surface area contributed by atoms with Crippen LogP contribution in [0.4, 0.5) is 10.1 Å². The van der Waals surface area contributed by atoms with E-state index in [0.717, 1.165) is 10.9 Å². The van der Waals surface area contributed by atoms with E-state index in [1.54, 1.807) is 36.4 Å². The second-order valence-electron chi connectivity index (χ2n) is 10.8. The molecule has 1 heterocycles. The normalized spacial score (nSPS) is 14.2. The molecule has 0 spiro atoms. The average molecular weight is 588 g/mol. The third-order valence-electron chi connectivity index (χ3n) is 7.43. The van der Waals surface area contributed by atoms with Gasteiger partial charge >= 0.3 is 0 Å². The topological polar surface area (TPSA) is 86.8 Å². The van der Waals surface area contributed by atoms with Crippen LogP contribution in [-0.2, 0) is 32.6 Å². The van der Waals surface area contributed by atoms with Gasteiger partial charge in [-0.05, 0) is 49.4 Å². The minimum atomic E-state index is -3.76. The number of hydrogen-bond donors (Lipinski definition) is 1. The molecule has 1 aliphatic heterocycles. The lowest BCUT2D eigenvalue weighted by Crippen LogP contribution is -2.52. The first-order valence-corrected chi connectivity index (χ1v) is 15.5. The molecule has 0 bridgehead atoms. The van der Waals surface area contributed by atoms with Crippen LogP contribution in [0.15, 0.2) is 95.9 Å². The predicted octanol–water partition coefficient (Wildman–Crippen LogP) is 5.43. The highest BCUT2D eigenvalue weighted by atomic mass is 32.2. The number of rotatable bonds is 11. The SMILES string of the molecule is CC(C)NC(=O)C(Cc1ccccc1)N(Cc1ccccc1F)C(=O)CCCN1c2cccc3cccc(c23)S1(=O)=O. The van der Waals surface area contributed by atoms with Gasteiger partial charge in [-0.25, -0.2) is 12.8 Å². The van der Waals surface area contributed by atoms with Crippen LogP contribution in [0.25, 0.3) is 10.8 Å². The van der Waals surface area contributed by atoms with E-state index < -0.39 is 21.9 Å². The Hall–Kier alpha value is -4.24. The van der Waals surface area contributed by atoms with Crippen molar-refractivity contribution in [3.63, 3.8) is 0 Å². The van der Waals surface area contributed by atoms with Gasteiger partial charge in [0.1, 0.15) is 11.9 Å². The zero-order valence-electron chi connectivity index (χ0n) is 23.7. The highest BCUT2D eigenvalue weighted by Crippen LogP contribution is 2.42. The summed E-state index contributed by atoms with van der Waals surface area (Å²) in [5.41, 5.74) is 1.75. The Morgan fingerprint density at radius 1 is 0.905 bits per heavy atom. The molecule has 0 aromatic heterocycles. The molecule has 4 aromatic rings. The van der Waals surface area contributed by atoms with Crippen molar-refractivity contribution >= 4 is 38.3 Å². The van der Waals surface area contributed by atoms with E-state index in [4.69, 9.17) is 0 Å². The monoisotopic (exact) mass is 587 g/mol. The molecule has 1 N–H and O–H groups in total.